The van der Waals surface area contributed by atoms with Gasteiger partial charge in [0, 0.05) is 37.7 Å². The van der Waals surface area contributed by atoms with Crippen molar-refractivity contribution >= 4 is 39.1 Å². The summed E-state index contributed by atoms with van der Waals surface area (Å²) in [7, 11) is 0. The molecule has 2 amide bonds. The summed E-state index contributed by atoms with van der Waals surface area (Å²) in [6, 6.07) is 16.1. The SMILES string of the molecule is O=C(Cc1ccc(N2CCCC2=O)cc1)N1CCCC(c2nc3ccccc3s2)C1. The number of para-hydroxylation sites is 1. The topological polar surface area (TPSA) is 53.5 Å². The second kappa shape index (κ2) is 8.19. The van der Waals surface area contributed by atoms with Gasteiger partial charge < -0.3 is 9.80 Å². The van der Waals surface area contributed by atoms with E-state index < -0.39 is 0 Å². The molecule has 2 aromatic carbocycles. The Morgan fingerprint density at radius 2 is 1.90 bits per heavy atom. The molecule has 0 N–H and O–H groups in total. The van der Waals surface area contributed by atoms with Gasteiger partial charge in [0.1, 0.15) is 0 Å². The van der Waals surface area contributed by atoms with Gasteiger partial charge in [-0.15, -0.1) is 11.3 Å². The van der Waals surface area contributed by atoms with Crippen molar-refractivity contribution in [2.75, 3.05) is 24.5 Å². The van der Waals surface area contributed by atoms with Crippen LogP contribution >= 0.6 is 11.3 Å². The predicted octanol–water partition coefficient (Wildman–Crippen LogP) is 4.37. The van der Waals surface area contributed by atoms with E-state index in [1.54, 1.807) is 11.3 Å². The number of hydrogen-bond acceptors (Lipinski definition) is 4. The molecule has 2 aliphatic rings. The molecule has 30 heavy (non-hydrogen) atoms. The van der Waals surface area contributed by atoms with E-state index >= 15 is 0 Å². The molecule has 1 unspecified atom stereocenters. The third kappa shape index (κ3) is 3.84. The molecule has 0 spiro atoms. The molecule has 0 bridgehead atoms. The van der Waals surface area contributed by atoms with Gasteiger partial charge in [0.25, 0.3) is 0 Å². The molecule has 0 saturated carbocycles. The molecule has 3 heterocycles. The van der Waals surface area contributed by atoms with Crippen molar-refractivity contribution in [3.63, 3.8) is 0 Å². The Hall–Kier alpha value is -2.73. The van der Waals surface area contributed by atoms with E-state index in [1.165, 1.54) is 4.70 Å². The molecular weight excluding hydrogens is 394 g/mol. The fourth-order valence-electron chi connectivity index (χ4n) is 4.47. The number of amides is 2. The van der Waals surface area contributed by atoms with Gasteiger partial charge in [0.2, 0.25) is 11.8 Å². The molecule has 0 aliphatic carbocycles. The number of hydrogen-bond donors (Lipinski definition) is 0. The normalized spacial score (nSPS) is 19.6. The fraction of sp³-hybridized carbons (Fsp3) is 0.375. The first kappa shape index (κ1) is 19.2. The van der Waals surface area contributed by atoms with E-state index in [9.17, 15) is 9.59 Å². The summed E-state index contributed by atoms with van der Waals surface area (Å²) in [5.41, 5.74) is 2.98. The molecular formula is C24H25N3O2S. The van der Waals surface area contributed by atoms with Crippen LogP contribution in [0.25, 0.3) is 10.2 Å². The van der Waals surface area contributed by atoms with Gasteiger partial charge in [-0.2, -0.15) is 0 Å². The van der Waals surface area contributed by atoms with Crippen LogP contribution in [0, 0.1) is 0 Å². The van der Waals surface area contributed by atoms with Crippen LogP contribution < -0.4 is 4.90 Å². The average Bonchev–Trinajstić information content (AvgIpc) is 3.40. The van der Waals surface area contributed by atoms with Gasteiger partial charge >= 0.3 is 0 Å². The van der Waals surface area contributed by atoms with Crippen LogP contribution in [0.2, 0.25) is 0 Å². The number of nitrogens with zero attached hydrogens (tertiary/aromatic N) is 3. The minimum Gasteiger partial charge on any atom is -0.342 e. The summed E-state index contributed by atoms with van der Waals surface area (Å²) in [5.74, 6) is 0.683. The van der Waals surface area contributed by atoms with Crippen LogP contribution in [0.5, 0.6) is 0 Å². The number of carbonyl (C=O) groups excluding carboxylic acids is 2. The van der Waals surface area contributed by atoms with Crippen LogP contribution in [-0.4, -0.2) is 41.3 Å². The van der Waals surface area contributed by atoms with E-state index in [1.807, 2.05) is 46.2 Å². The smallest absolute Gasteiger partial charge is 0.227 e. The van der Waals surface area contributed by atoms with Gasteiger partial charge in [-0.05, 0) is 49.1 Å². The highest BCUT2D eigenvalue weighted by Gasteiger charge is 2.27. The van der Waals surface area contributed by atoms with E-state index in [2.05, 4.69) is 12.1 Å². The van der Waals surface area contributed by atoms with Crippen LogP contribution in [0.1, 0.15) is 42.2 Å². The number of carbonyl (C=O) groups is 2. The maximum atomic E-state index is 13.0. The zero-order chi connectivity index (χ0) is 20.5. The Bertz CT molecular complexity index is 1040. The lowest BCUT2D eigenvalue weighted by molar-refractivity contribution is -0.131. The highest BCUT2D eigenvalue weighted by Crippen LogP contribution is 2.33. The van der Waals surface area contributed by atoms with Crippen molar-refractivity contribution in [1.82, 2.24) is 9.88 Å². The third-order valence-electron chi connectivity index (χ3n) is 6.11. The largest absolute Gasteiger partial charge is 0.342 e. The number of rotatable bonds is 4. The predicted molar refractivity (Wildman–Crippen MR) is 120 cm³/mol. The minimum absolute atomic E-state index is 0.172. The number of aromatic nitrogens is 1. The van der Waals surface area contributed by atoms with Crippen molar-refractivity contribution in [3.05, 3.63) is 59.1 Å². The standard InChI is InChI=1S/C24H25N3O2S/c28-22-8-4-14-27(22)19-11-9-17(10-12-19)15-23(29)26-13-3-5-18(16-26)24-25-20-6-1-2-7-21(20)30-24/h1-2,6-7,9-12,18H,3-5,8,13-16H2. The molecule has 1 atom stereocenters. The van der Waals surface area contributed by atoms with Crippen LogP contribution in [-0.2, 0) is 16.0 Å². The number of thiazole rings is 1. The lowest BCUT2D eigenvalue weighted by Gasteiger charge is -2.32. The lowest BCUT2D eigenvalue weighted by atomic mass is 9.98. The minimum atomic E-state index is 0.172. The highest BCUT2D eigenvalue weighted by molar-refractivity contribution is 7.18. The zero-order valence-corrected chi connectivity index (χ0v) is 17.7. The van der Waals surface area contributed by atoms with Crippen molar-refractivity contribution < 1.29 is 9.59 Å². The molecule has 5 rings (SSSR count). The van der Waals surface area contributed by atoms with E-state index in [0.29, 0.717) is 18.8 Å². The Balaban J connectivity index is 1.24. The molecule has 0 radical (unpaired) electrons. The summed E-state index contributed by atoms with van der Waals surface area (Å²) in [6.07, 6.45) is 4.06. The van der Waals surface area contributed by atoms with E-state index in [0.717, 1.165) is 60.7 Å². The highest BCUT2D eigenvalue weighted by atomic mass is 32.1. The summed E-state index contributed by atoms with van der Waals surface area (Å²) >= 11 is 1.75. The molecule has 2 saturated heterocycles. The summed E-state index contributed by atoms with van der Waals surface area (Å²) in [4.78, 5) is 33.5. The van der Waals surface area contributed by atoms with Crippen molar-refractivity contribution in [3.8, 4) is 0 Å². The van der Waals surface area contributed by atoms with E-state index in [4.69, 9.17) is 4.98 Å². The van der Waals surface area contributed by atoms with E-state index in [-0.39, 0.29) is 11.8 Å². The Morgan fingerprint density at radius 3 is 2.67 bits per heavy atom. The van der Waals surface area contributed by atoms with Gasteiger partial charge in [0.15, 0.2) is 0 Å². The van der Waals surface area contributed by atoms with Gasteiger partial charge in [-0.3, -0.25) is 9.59 Å². The third-order valence-corrected chi connectivity index (χ3v) is 7.31. The molecule has 3 aromatic rings. The summed E-state index contributed by atoms with van der Waals surface area (Å²) in [6.45, 7) is 2.36. The molecule has 2 fully saturated rings. The Morgan fingerprint density at radius 1 is 1.07 bits per heavy atom. The maximum absolute atomic E-state index is 13.0. The summed E-state index contributed by atoms with van der Waals surface area (Å²) < 4.78 is 1.22. The van der Waals surface area contributed by atoms with Crippen molar-refractivity contribution in [2.24, 2.45) is 0 Å². The molecule has 6 heteroatoms. The number of fused-ring (bicyclic) bond motifs is 1. The van der Waals surface area contributed by atoms with Crippen LogP contribution in [0.15, 0.2) is 48.5 Å². The monoisotopic (exact) mass is 419 g/mol. The molecule has 1 aromatic heterocycles. The first-order valence-corrected chi connectivity index (χ1v) is 11.5. The second-order valence-electron chi connectivity index (χ2n) is 8.19. The zero-order valence-electron chi connectivity index (χ0n) is 16.9. The van der Waals surface area contributed by atoms with Gasteiger partial charge in [-0.1, -0.05) is 24.3 Å². The number of piperidine rings is 1. The lowest BCUT2D eigenvalue weighted by Crippen LogP contribution is -2.39. The van der Waals surface area contributed by atoms with Crippen LogP contribution in [0.3, 0.4) is 0 Å². The Kier molecular flexibility index (Phi) is 5.25. The number of likely N-dealkylation sites (tertiary alicyclic amines) is 1. The number of benzene rings is 2. The van der Waals surface area contributed by atoms with Crippen LogP contribution in [0.4, 0.5) is 5.69 Å². The first-order valence-electron chi connectivity index (χ1n) is 10.7. The average molecular weight is 420 g/mol. The summed E-state index contributed by atoms with van der Waals surface area (Å²) in [5, 5.41) is 1.15. The first-order chi connectivity index (χ1) is 14.7. The Labute approximate surface area is 180 Å². The van der Waals surface area contributed by atoms with Crippen molar-refractivity contribution in [1.29, 1.82) is 0 Å². The molecule has 154 valence electrons. The second-order valence-corrected chi connectivity index (χ2v) is 9.25. The quantitative estimate of drug-likeness (QED) is 0.631. The fourth-order valence-corrected chi connectivity index (χ4v) is 5.56. The van der Waals surface area contributed by atoms with Gasteiger partial charge in [0.05, 0.1) is 21.6 Å². The van der Waals surface area contributed by atoms with Crippen molar-refractivity contribution in [2.45, 2.75) is 38.0 Å². The maximum Gasteiger partial charge on any atom is 0.227 e. The van der Waals surface area contributed by atoms with Gasteiger partial charge in [-0.25, -0.2) is 4.98 Å². The number of anilines is 1. The molecule has 2 aliphatic heterocycles. The molecule has 5 nitrogen and oxygen atoms in total.